The maximum absolute atomic E-state index is 14.3. The van der Waals surface area contributed by atoms with Crippen molar-refractivity contribution in [2.75, 3.05) is 27.4 Å². The zero-order chi connectivity index (χ0) is 42.2. The molecule has 2 saturated heterocycles. The number of rotatable bonds is 6. The lowest BCUT2D eigenvalue weighted by molar-refractivity contribution is -0.302. The van der Waals surface area contributed by atoms with Crippen molar-refractivity contribution in [2.45, 2.75) is 154 Å². The summed E-state index contributed by atoms with van der Waals surface area (Å²) in [6, 6.07) is -1.12. The van der Waals surface area contributed by atoms with Gasteiger partial charge in [-0.15, -0.1) is 6.58 Å². The van der Waals surface area contributed by atoms with E-state index < -0.39 is 89.8 Å². The number of carbonyl (C=O) groups excluding carboxylic acids is 4. The highest BCUT2D eigenvalue weighted by atomic mass is 16.7. The highest BCUT2D eigenvalue weighted by molar-refractivity contribution is 6.39. The van der Waals surface area contributed by atoms with Crippen LogP contribution in [0.1, 0.15) is 105 Å². The van der Waals surface area contributed by atoms with Gasteiger partial charge in [0.1, 0.15) is 24.0 Å². The predicted molar refractivity (Wildman–Crippen MR) is 212 cm³/mol. The van der Waals surface area contributed by atoms with E-state index in [2.05, 4.69) is 6.58 Å². The zero-order valence-electron chi connectivity index (χ0n) is 35.1. The minimum Gasteiger partial charge on any atom is -0.456 e. The highest BCUT2D eigenvalue weighted by Crippen LogP contribution is 2.40. The molecule has 1 aliphatic carbocycles. The fourth-order valence-electron chi connectivity index (χ4n) is 9.53. The molecule has 3 aliphatic heterocycles. The van der Waals surface area contributed by atoms with E-state index in [9.17, 15) is 39.6 Å². The fourth-order valence-corrected chi connectivity index (χ4v) is 9.53. The number of fused-ring (bicyclic) bond motifs is 3. The maximum Gasteiger partial charge on any atom is 0.329 e. The molecule has 4 N–H and O–H groups in total. The lowest BCUT2D eigenvalue weighted by Gasteiger charge is -2.47. The molecule has 13 heteroatoms. The summed E-state index contributed by atoms with van der Waals surface area (Å²) >= 11 is 0. The Morgan fingerprint density at radius 2 is 1.61 bits per heavy atom. The number of nitrogens with zero attached hydrogens (tertiary/aromatic N) is 1. The van der Waals surface area contributed by atoms with Gasteiger partial charge in [0.15, 0.2) is 0 Å². The molecule has 0 spiro atoms. The van der Waals surface area contributed by atoms with Crippen molar-refractivity contribution in [3.05, 3.63) is 36.0 Å². The van der Waals surface area contributed by atoms with Gasteiger partial charge in [-0.1, -0.05) is 44.6 Å². The van der Waals surface area contributed by atoms with Crippen LogP contribution in [0.5, 0.6) is 0 Å². The first-order chi connectivity index (χ1) is 27.0. The molecular formula is C44H69NO12. The van der Waals surface area contributed by atoms with Crippen molar-refractivity contribution in [3.63, 3.8) is 0 Å². The van der Waals surface area contributed by atoms with Crippen LogP contribution in [-0.2, 0) is 38.1 Å². The minimum absolute atomic E-state index is 0.00468. The number of allylic oxidation sites excluding steroid dienone is 3. The third kappa shape index (κ3) is 11.3. The number of Topliss-reactive ketones (excluding diaryl/α,β-unsaturated/α-hetero) is 2. The Kier molecular flexibility index (Phi) is 17.2. The standard InChI is InChI=1S/C44H69NO12/c1-9-12-30-18-25(2)17-26(3)19-37(54-7)40-38(55-8)21-29(6)44(53,57-40)41(50)42(51)45-16-11-10-13-33(45)43(52)56-39(31-14-15-34(47)32(22-31)24-46)28(5)20-27(4)35(48)23-36(30)49/h9,18,20,26-27,29-35,37-40,46-48,53H,1,10-17,19,21-24H2,2-8H3/b25-18+,28-20+/t26-,27-,29+,30+,31+,32-,33?,34+,35-,37-,38-,39?,40+,44+/m0/s1. The first-order valence-corrected chi connectivity index (χ1v) is 21.0. The van der Waals surface area contributed by atoms with E-state index in [1.807, 2.05) is 19.9 Å². The molecule has 1 amide bonds. The van der Waals surface area contributed by atoms with Crippen LogP contribution in [0.2, 0.25) is 0 Å². The number of ether oxygens (including phenoxy) is 4. The maximum atomic E-state index is 14.3. The summed E-state index contributed by atoms with van der Waals surface area (Å²) in [6.45, 7) is 12.9. The third-order valence-corrected chi connectivity index (χ3v) is 13.0. The number of methoxy groups -OCH3 is 2. The van der Waals surface area contributed by atoms with Crippen molar-refractivity contribution >= 4 is 23.4 Å². The van der Waals surface area contributed by atoms with Crippen LogP contribution in [0.15, 0.2) is 36.0 Å². The SMILES string of the molecule is C=CC[C@@H]1/C=C(\C)C[C@H](C)C[C@H](OC)[C@H]2O[C@@](O)(C(=O)C(=O)N3CCCCC3C(=O)OC([C@@H]3CC[C@@H](O)[C@H](CO)C3)/C(C)=C/[C@H](C)[C@@H](O)CC1=O)[C@H](C)C[C@@H]2OC. The third-order valence-electron chi connectivity index (χ3n) is 13.0. The molecule has 13 nitrogen and oxygen atoms in total. The summed E-state index contributed by atoms with van der Waals surface area (Å²) < 4.78 is 24.3. The Bertz CT molecular complexity index is 1480. The van der Waals surface area contributed by atoms with Gasteiger partial charge in [0, 0.05) is 63.4 Å². The van der Waals surface area contributed by atoms with Gasteiger partial charge < -0.3 is 44.3 Å². The molecule has 0 radical (unpaired) electrons. The van der Waals surface area contributed by atoms with Crippen LogP contribution in [0.4, 0.5) is 0 Å². The molecule has 3 heterocycles. The second-order valence-corrected chi connectivity index (χ2v) is 17.4. The van der Waals surface area contributed by atoms with Crippen LogP contribution < -0.4 is 0 Å². The largest absolute Gasteiger partial charge is 0.456 e. The van der Waals surface area contributed by atoms with Crippen LogP contribution in [0.25, 0.3) is 0 Å². The Morgan fingerprint density at radius 3 is 2.26 bits per heavy atom. The number of aliphatic hydroxyl groups is 4. The average Bonchev–Trinajstić information content (AvgIpc) is 3.18. The van der Waals surface area contributed by atoms with E-state index in [0.717, 1.165) is 5.57 Å². The van der Waals surface area contributed by atoms with Crippen molar-refractivity contribution in [1.82, 2.24) is 4.90 Å². The van der Waals surface area contributed by atoms with Crippen molar-refractivity contribution in [3.8, 4) is 0 Å². The van der Waals surface area contributed by atoms with Gasteiger partial charge in [0.05, 0.1) is 24.4 Å². The van der Waals surface area contributed by atoms with E-state index in [0.29, 0.717) is 56.9 Å². The molecule has 322 valence electrons. The van der Waals surface area contributed by atoms with Gasteiger partial charge in [-0.2, -0.15) is 0 Å². The van der Waals surface area contributed by atoms with Gasteiger partial charge >= 0.3 is 5.97 Å². The minimum atomic E-state index is -2.52. The van der Waals surface area contributed by atoms with Crippen molar-refractivity contribution in [2.24, 2.45) is 35.5 Å². The van der Waals surface area contributed by atoms with E-state index in [4.69, 9.17) is 18.9 Å². The van der Waals surface area contributed by atoms with Crippen molar-refractivity contribution < 1.29 is 58.6 Å². The molecule has 57 heavy (non-hydrogen) atoms. The molecule has 1 saturated carbocycles. The van der Waals surface area contributed by atoms with E-state index in [1.54, 1.807) is 32.9 Å². The number of cyclic esters (lactones) is 1. The Hall–Kier alpha value is -2.78. The highest BCUT2D eigenvalue weighted by Gasteiger charge is 2.56. The van der Waals surface area contributed by atoms with Crippen LogP contribution >= 0.6 is 0 Å². The summed E-state index contributed by atoms with van der Waals surface area (Å²) in [5, 5.41) is 44.1. The lowest BCUT2D eigenvalue weighted by atomic mass is 9.75. The summed E-state index contributed by atoms with van der Waals surface area (Å²) in [5.41, 5.74) is 1.59. The first kappa shape index (κ1) is 46.9. The van der Waals surface area contributed by atoms with Crippen LogP contribution in [0, 0.1) is 35.5 Å². The van der Waals surface area contributed by atoms with Gasteiger partial charge in [-0.05, 0) is 89.5 Å². The molecule has 2 unspecified atom stereocenters. The molecular weight excluding hydrogens is 734 g/mol. The van der Waals surface area contributed by atoms with E-state index in [-0.39, 0.29) is 50.0 Å². The number of hydrogen-bond acceptors (Lipinski definition) is 12. The lowest BCUT2D eigenvalue weighted by Crippen LogP contribution is -2.64. The Labute approximate surface area is 338 Å². The van der Waals surface area contributed by atoms with Gasteiger partial charge in [0.25, 0.3) is 11.7 Å². The Morgan fingerprint density at radius 1 is 0.930 bits per heavy atom. The molecule has 0 aromatic carbocycles. The monoisotopic (exact) mass is 803 g/mol. The van der Waals surface area contributed by atoms with Gasteiger partial charge in [-0.3, -0.25) is 14.4 Å². The van der Waals surface area contributed by atoms with Gasteiger partial charge in [0.2, 0.25) is 5.79 Å². The number of amides is 1. The summed E-state index contributed by atoms with van der Waals surface area (Å²) in [5.74, 6) is -8.16. The molecule has 14 atom stereocenters. The summed E-state index contributed by atoms with van der Waals surface area (Å²) in [6.07, 6.45) is 4.85. The molecule has 2 bridgehead atoms. The van der Waals surface area contributed by atoms with Crippen molar-refractivity contribution in [1.29, 1.82) is 0 Å². The fraction of sp³-hybridized carbons (Fsp3) is 0.773. The molecule has 3 fully saturated rings. The summed E-state index contributed by atoms with van der Waals surface area (Å²) in [4.78, 5) is 57.6. The number of ketones is 2. The van der Waals surface area contributed by atoms with Crippen LogP contribution in [0.3, 0.4) is 0 Å². The number of aliphatic hydroxyl groups excluding tert-OH is 3. The normalized spacial score (nSPS) is 41.9. The number of carbonyl (C=O) groups is 4. The second-order valence-electron chi connectivity index (χ2n) is 17.4. The number of hydrogen-bond donors (Lipinski definition) is 4. The first-order valence-electron chi connectivity index (χ1n) is 21.0. The predicted octanol–water partition coefficient (Wildman–Crippen LogP) is 4.23. The zero-order valence-corrected chi connectivity index (χ0v) is 35.1. The average molecular weight is 804 g/mol. The van der Waals surface area contributed by atoms with Gasteiger partial charge in [-0.25, -0.2) is 4.79 Å². The molecule has 4 aliphatic rings. The summed E-state index contributed by atoms with van der Waals surface area (Å²) in [7, 11) is 3.04. The Balaban J connectivity index is 1.78. The van der Waals surface area contributed by atoms with E-state index in [1.165, 1.54) is 19.1 Å². The molecule has 0 aromatic heterocycles. The number of piperidine rings is 1. The number of esters is 1. The quantitative estimate of drug-likeness (QED) is 0.170. The second kappa shape index (κ2) is 21.0. The molecule has 0 aromatic rings. The van der Waals surface area contributed by atoms with E-state index >= 15 is 0 Å². The van der Waals surface area contributed by atoms with Crippen LogP contribution in [-0.4, -0.2) is 125 Å². The topological polar surface area (TPSA) is 189 Å². The molecule has 4 rings (SSSR count). The smallest absolute Gasteiger partial charge is 0.329 e.